The minimum Gasteiger partial charge on any atom is -0.339 e. The molecule has 0 bridgehead atoms. The van der Waals surface area contributed by atoms with Crippen LogP contribution in [0.15, 0.2) is 67.5 Å². The molecule has 1 aliphatic carbocycles. The first-order chi connectivity index (χ1) is 17.6. The lowest BCUT2D eigenvalue weighted by Crippen LogP contribution is -2.28. The molecule has 0 spiro atoms. The average molecular weight is 499 g/mol. The predicted octanol–water partition coefficient (Wildman–Crippen LogP) is 4.48. The van der Waals surface area contributed by atoms with E-state index in [0.29, 0.717) is 28.6 Å². The van der Waals surface area contributed by atoms with Gasteiger partial charge in [-0.05, 0) is 67.0 Å². The number of nitrogens with zero attached hydrogens (tertiary/aromatic N) is 5. The molecule has 2 atom stereocenters. The van der Waals surface area contributed by atoms with Gasteiger partial charge in [0.25, 0.3) is 5.91 Å². The van der Waals surface area contributed by atoms with Crippen LogP contribution in [-0.2, 0) is 11.3 Å². The summed E-state index contributed by atoms with van der Waals surface area (Å²) in [7, 11) is 0. The highest BCUT2D eigenvalue weighted by molar-refractivity contribution is 7.17. The molecule has 8 nitrogen and oxygen atoms in total. The number of hydrogen-bond donors (Lipinski definition) is 1. The number of rotatable bonds is 6. The summed E-state index contributed by atoms with van der Waals surface area (Å²) in [5, 5.41) is 10.8. The lowest BCUT2D eigenvalue weighted by Gasteiger charge is -2.19. The minimum absolute atomic E-state index is 0.0310. The number of anilines is 1. The molecule has 1 N–H and O–H groups in total. The van der Waals surface area contributed by atoms with Crippen molar-refractivity contribution in [3.05, 3.63) is 72.4 Å². The number of carbonyl (C=O) groups is 2. The fourth-order valence-electron chi connectivity index (χ4n) is 5.71. The van der Waals surface area contributed by atoms with Crippen molar-refractivity contribution in [2.75, 3.05) is 18.4 Å². The van der Waals surface area contributed by atoms with Crippen molar-refractivity contribution in [2.24, 2.45) is 17.8 Å². The summed E-state index contributed by atoms with van der Waals surface area (Å²) in [5.41, 5.74) is 2.81. The number of aromatic nitrogens is 4. The highest BCUT2D eigenvalue weighted by Gasteiger charge is 2.42. The molecule has 36 heavy (non-hydrogen) atoms. The monoisotopic (exact) mass is 498 g/mol. The molecule has 1 saturated heterocycles. The molecule has 1 aromatic carbocycles. The fraction of sp³-hybridized carbons (Fsp3) is 0.296. The van der Waals surface area contributed by atoms with E-state index < -0.39 is 0 Å². The molecule has 1 aliphatic heterocycles. The molecule has 2 fully saturated rings. The van der Waals surface area contributed by atoms with E-state index >= 15 is 0 Å². The summed E-state index contributed by atoms with van der Waals surface area (Å²) in [6.45, 7) is 6.04. The van der Waals surface area contributed by atoms with Crippen LogP contribution in [-0.4, -0.2) is 49.6 Å². The number of benzene rings is 1. The van der Waals surface area contributed by atoms with Crippen molar-refractivity contribution in [2.45, 2.75) is 19.4 Å². The molecule has 1 saturated carbocycles. The van der Waals surface area contributed by atoms with E-state index in [1.54, 1.807) is 12.4 Å². The maximum atomic E-state index is 13.2. The zero-order valence-electron chi connectivity index (χ0n) is 19.7. The van der Waals surface area contributed by atoms with Crippen LogP contribution in [0.2, 0.25) is 0 Å². The summed E-state index contributed by atoms with van der Waals surface area (Å²) >= 11 is 1.42. The number of thiophene rings is 1. The summed E-state index contributed by atoms with van der Waals surface area (Å²) in [6, 6.07) is 13.6. The molecule has 3 aromatic heterocycles. The molecular formula is C27H26N6O2S. The van der Waals surface area contributed by atoms with E-state index in [0.717, 1.165) is 53.9 Å². The maximum absolute atomic E-state index is 13.2. The van der Waals surface area contributed by atoms with Crippen molar-refractivity contribution in [1.82, 2.24) is 24.6 Å². The molecular weight excluding hydrogens is 472 g/mol. The number of para-hydroxylation sites is 2. The maximum Gasteiger partial charge on any atom is 0.268 e. The molecule has 2 aliphatic rings. The smallest absolute Gasteiger partial charge is 0.268 e. The largest absolute Gasteiger partial charge is 0.339 e. The summed E-state index contributed by atoms with van der Waals surface area (Å²) < 4.78 is 2.15. The molecule has 182 valence electrons. The molecule has 4 aromatic rings. The van der Waals surface area contributed by atoms with E-state index in [-0.39, 0.29) is 11.8 Å². The van der Waals surface area contributed by atoms with Crippen molar-refractivity contribution < 1.29 is 9.59 Å². The van der Waals surface area contributed by atoms with Gasteiger partial charge in [0, 0.05) is 30.1 Å². The third-order valence-corrected chi connectivity index (χ3v) is 8.49. The average Bonchev–Trinajstić information content (AvgIpc) is 3.67. The van der Waals surface area contributed by atoms with E-state index in [1.165, 1.54) is 17.4 Å². The number of amides is 2. The van der Waals surface area contributed by atoms with Crippen LogP contribution < -0.4 is 5.32 Å². The summed E-state index contributed by atoms with van der Waals surface area (Å²) in [4.78, 5) is 33.5. The van der Waals surface area contributed by atoms with Crippen molar-refractivity contribution in [1.29, 1.82) is 0 Å². The van der Waals surface area contributed by atoms with Gasteiger partial charge in [0.05, 0.1) is 28.3 Å². The van der Waals surface area contributed by atoms with Gasteiger partial charge >= 0.3 is 0 Å². The SMILES string of the molecule is C=CC(=O)N1CC2CC(Cn3c(NC(=O)c4ccc(-c5ccnnc5)s4)nc4ccccc43)CC2C1. The zero-order chi connectivity index (χ0) is 24.6. The van der Waals surface area contributed by atoms with Gasteiger partial charge in [0.15, 0.2) is 0 Å². The van der Waals surface area contributed by atoms with Gasteiger partial charge in [0.2, 0.25) is 11.9 Å². The normalized spacial score (nSPS) is 21.0. The first kappa shape index (κ1) is 22.6. The van der Waals surface area contributed by atoms with E-state index in [4.69, 9.17) is 4.98 Å². The molecule has 6 rings (SSSR count). The first-order valence-electron chi connectivity index (χ1n) is 12.1. The van der Waals surface area contributed by atoms with Gasteiger partial charge in [0.1, 0.15) is 0 Å². The number of fused-ring (bicyclic) bond motifs is 2. The Kier molecular flexibility index (Phi) is 5.85. The third-order valence-electron chi connectivity index (χ3n) is 7.35. The predicted molar refractivity (Wildman–Crippen MR) is 140 cm³/mol. The van der Waals surface area contributed by atoms with Crippen LogP contribution in [0.4, 0.5) is 5.95 Å². The topological polar surface area (TPSA) is 93.0 Å². The second-order valence-corrected chi connectivity index (χ2v) is 10.7. The van der Waals surface area contributed by atoms with Gasteiger partial charge in [-0.15, -0.1) is 11.3 Å². The Morgan fingerprint density at radius 2 is 1.89 bits per heavy atom. The molecule has 2 amide bonds. The van der Waals surface area contributed by atoms with Gasteiger partial charge in [-0.1, -0.05) is 18.7 Å². The van der Waals surface area contributed by atoms with Crippen LogP contribution in [0.3, 0.4) is 0 Å². The Labute approximate surface area is 212 Å². The quantitative estimate of drug-likeness (QED) is 0.396. The van der Waals surface area contributed by atoms with Crippen LogP contribution in [0, 0.1) is 17.8 Å². The Balaban J connectivity index is 1.20. The van der Waals surface area contributed by atoms with Gasteiger partial charge < -0.3 is 9.47 Å². The number of likely N-dealkylation sites (tertiary alicyclic amines) is 1. The third kappa shape index (κ3) is 4.19. The molecule has 9 heteroatoms. The van der Waals surface area contributed by atoms with Gasteiger partial charge in [-0.3, -0.25) is 14.9 Å². The van der Waals surface area contributed by atoms with Crippen molar-refractivity contribution in [3.8, 4) is 10.4 Å². The minimum atomic E-state index is -0.174. The molecule has 0 radical (unpaired) electrons. The number of hydrogen-bond acceptors (Lipinski definition) is 6. The number of carbonyl (C=O) groups excluding carboxylic acids is 2. The van der Waals surface area contributed by atoms with Gasteiger partial charge in [-0.25, -0.2) is 4.98 Å². The van der Waals surface area contributed by atoms with Crippen LogP contribution >= 0.6 is 11.3 Å². The second-order valence-electron chi connectivity index (χ2n) is 9.59. The Morgan fingerprint density at radius 3 is 2.64 bits per heavy atom. The Bertz CT molecular complexity index is 1430. The van der Waals surface area contributed by atoms with E-state index in [1.807, 2.05) is 41.3 Å². The molecule has 4 heterocycles. The van der Waals surface area contributed by atoms with E-state index in [2.05, 4.69) is 32.7 Å². The van der Waals surface area contributed by atoms with Crippen molar-refractivity contribution in [3.63, 3.8) is 0 Å². The number of nitrogens with one attached hydrogen (secondary N) is 1. The first-order valence-corrected chi connectivity index (χ1v) is 13.0. The highest BCUT2D eigenvalue weighted by Crippen LogP contribution is 2.43. The fourth-order valence-corrected chi connectivity index (χ4v) is 6.60. The summed E-state index contributed by atoms with van der Waals surface area (Å²) in [6.07, 6.45) is 6.88. The Morgan fingerprint density at radius 1 is 1.08 bits per heavy atom. The highest BCUT2D eigenvalue weighted by atomic mass is 32.1. The Hall–Kier alpha value is -3.85. The van der Waals surface area contributed by atoms with Crippen LogP contribution in [0.25, 0.3) is 21.5 Å². The zero-order valence-corrected chi connectivity index (χ0v) is 20.5. The van der Waals surface area contributed by atoms with E-state index in [9.17, 15) is 9.59 Å². The standard InChI is InChI=1S/C27H26N6O2S/c1-2-25(34)32-15-19-11-17(12-20(19)16-32)14-33-22-6-4-3-5-21(22)30-27(33)31-26(35)24-8-7-23(36-24)18-9-10-28-29-13-18/h2-10,13,17,19-20H,1,11-12,14-16H2,(H,30,31,35). The van der Waals surface area contributed by atoms with Crippen LogP contribution in [0.5, 0.6) is 0 Å². The lowest BCUT2D eigenvalue weighted by molar-refractivity contribution is -0.125. The lowest BCUT2D eigenvalue weighted by atomic mass is 10.0. The number of imidazole rings is 1. The molecule has 2 unspecified atom stereocenters. The van der Waals surface area contributed by atoms with Gasteiger partial charge in [-0.2, -0.15) is 10.2 Å². The van der Waals surface area contributed by atoms with Crippen LogP contribution in [0.1, 0.15) is 22.5 Å². The summed E-state index contributed by atoms with van der Waals surface area (Å²) in [5.74, 6) is 1.96. The second kappa shape index (κ2) is 9.31. The van der Waals surface area contributed by atoms with Crippen molar-refractivity contribution >= 4 is 40.1 Å².